The van der Waals surface area contributed by atoms with Crippen LogP contribution < -0.4 is 10.2 Å². The highest BCUT2D eigenvalue weighted by Crippen LogP contribution is 2.34. The van der Waals surface area contributed by atoms with Gasteiger partial charge >= 0.3 is 6.18 Å². The number of benzene rings is 1. The first-order valence-corrected chi connectivity index (χ1v) is 10.3. The molecule has 29 heavy (non-hydrogen) atoms. The van der Waals surface area contributed by atoms with Gasteiger partial charge in [-0.2, -0.15) is 13.2 Å². The molecule has 162 valence electrons. The van der Waals surface area contributed by atoms with Crippen LogP contribution in [0, 0.1) is 11.7 Å². The van der Waals surface area contributed by atoms with Gasteiger partial charge in [0.05, 0.1) is 5.56 Å². The van der Waals surface area contributed by atoms with Crippen molar-refractivity contribution in [2.45, 2.75) is 51.2 Å². The average molecular weight is 415 g/mol. The quantitative estimate of drug-likeness (QED) is 0.737. The van der Waals surface area contributed by atoms with Crippen molar-refractivity contribution < 1.29 is 22.4 Å². The summed E-state index contributed by atoms with van der Waals surface area (Å²) in [6, 6.07) is 3.55. The molecule has 1 heterocycles. The lowest BCUT2D eigenvalue weighted by Gasteiger charge is -2.37. The van der Waals surface area contributed by atoms with Crippen LogP contribution >= 0.6 is 0 Å². The van der Waals surface area contributed by atoms with Gasteiger partial charge in [0.15, 0.2) is 0 Å². The molecule has 1 aliphatic heterocycles. The SMILES string of the molecule is CC(=O)NC1CCC(CCN2CCN(c3ccc(F)c(C(F)(F)F)c3)CC2)CC1. The fraction of sp³-hybridized carbons (Fsp3) is 0.667. The van der Waals surface area contributed by atoms with Crippen LogP contribution in [0.2, 0.25) is 0 Å². The number of nitrogens with zero attached hydrogens (tertiary/aromatic N) is 2. The lowest BCUT2D eigenvalue weighted by Crippen LogP contribution is -2.47. The molecule has 0 aromatic heterocycles. The van der Waals surface area contributed by atoms with Crippen molar-refractivity contribution in [1.29, 1.82) is 0 Å². The van der Waals surface area contributed by atoms with E-state index in [0.717, 1.165) is 63.9 Å². The van der Waals surface area contributed by atoms with Crippen molar-refractivity contribution in [3.8, 4) is 0 Å². The van der Waals surface area contributed by atoms with Gasteiger partial charge in [0.1, 0.15) is 5.82 Å². The second-order valence-corrected chi connectivity index (χ2v) is 8.20. The summed E-state index contributed by atoms with van der Waals surface area (Å²) in [6.07, 6.45) is 0.748. The molecule has 1 aromatic carbocycles. The number of hydrogen-bond acceptors (Lipinski definition) is 3. The predicted molar refractivity (Wildman–Crippen MR) is 104 cm³/mol. The molecule has 0 spiro atoms. The monoisotopic (exact) mass is 415 g/mol. The van der Waals surface area contributed by atoms with E-state index >= 15 is 0 Å². The summed E-state index contributed by atoms with van der Waals surface area (Å²) in [5.41, 5.74) is -0.776. The van der Waals surface area contributed by atoms with Crippen LogP contribution in [-0.2, 0) is 11.0 Å². The zero-order valence-corrected chi connectivity index (χ0v) is 16.8. The zero-order chi connectivity index (χ0) is 21.0. The summed E-state index contributed by atoms with van der Waals surface area (Å²) >= 11 is 0. The van der Waals surface area contributed by atoms with Crippen LogP contribution in [0.15, 0.2) is 18.2 Å². The Labute approximate surface area is 169 Å². The number of piperazine rings is 1. The first-order chi connectivity index (χ1) is 13.7. The maximum Gasteiger partial charge on any atom is 0.419 e. The minimum Gasteiger partial charge on any atom is -0.369 e. The number of carbonyl (C=O) groups excluding carboxylic acids is 1. The summed E-state index contributed by atoms with van der Waals surface area (Å²) in [7, 11) is 0. The summed E-state index contributed by atoms with van der Waals surface area (Å²) in [5.74, 6) is -0.521. The van der Waals surface area contributed by atoms with Crippen LogP contribution in [0.5, 0.6) is 0 Å². The predicted octanol–water partition coefficient (Wildman–Crippen LogP) is 4.05. The van der Waals surface area contributed by atoms with E-state index in [9.17, 15) is 22.4 Å². The van der Waals surface area contributed by atoms with E-state index in [-0.39, 0.29) is 5.91 Å². The smallest absolute Gasteiger partial charge is 0.369 e. The molecule has 1 N–H and O–H groups in total. The normalized spacial score (nSPS) is 23.8. The molecule has 2 fully saturated rings. The molecule has 3 rings (SSSR count). The van der Waals surface area contributed by atoms with E-state index in [2.05, 4.69) is 10.2 Å². The highest BCUT2D eigenvalue weighted by molar-refractivity contribution is 5.73. The maximum absolute atomic E-state index is 13.5. The fourth-order valence-corrected chi connectivity index (χ4v) is 4.40. The molecule has 1 saturated carbocycles. The number of halogens is 4. The number of hydrogen-bond donors (Lipinski definition) is 1. The number of carbonyl (C=O) groups is 1. The molecule has 0 atom stereocenters. The van der Waals surface area contributed by atoms with Gasteiger partial charge in [-0.25, -0.2) is 4.39 Å². The summed E-state index contributed by atoms with van der Waals surface area (Å²) in [6.45, 7) is 5.40. The fourth-order valence-electron chi connectivity index (χ4n) is 4.40. The van der Waals surface area contributed by atoms with Crippen molar-refractivity contribution >= 4 is 11.6 Å². The molecular weight excluding hydrogens is 386 g/mol. The van der Waals surface area contributed by atoms with E-state index in [0.29, 0.717) is 30.7 Å². The second-order valence-electron chi connectivity index (χ2n) is 8.20. The number of nitrogens with one attached hydrogen (secondary N) is 1. The van der Waals surface area contributed by atoms with Gasteiger partial charge in [-0.1, -0.05) is 0 Å². The van der Waals surface area contributed by atoms with Crippen molar-refractivity contribution in [2.24, 2.45) is 5.92 Å². The third kappa shape index (κ3) is 6.07. The summed E-state index contributed by atoms with van der Waals surface area (Å²) < 4.78 is 52.3. The topological polar surface area (TPSA) is 35.6 Å². The van der Waals surface area contributed by atoms with Gasteiger partial charge in [0, 0.05) is 44.8 Å². The first-order valence-electron chi connectivity index (χ1n) is 10.3. The van der Waals surface area contributed by atoms with Gasteiger partial charge < -0.3 is 10.2 Å². The molecule has 1 saturated heterocycles. The van der Waals surface area contributed by atoms with Crippen molar-refractivity contribution in [3.63, 3.8) is 0 Å². The Morgan fingerprint density at radius 3 is 2.34 bits per heavy atom. The molecule has 1 amide bonds. The number of alkyl halides is 3. The molecule has 0 radical (unpaired) electrons. The third-order valence-corrected chi connectivity index (χ3v) is 6.10. The summed E-state index contributed by atoms with van der Waals surface area (Å²) in [4.78, 5) is 15.4. The van der Waals surface area contributed by atoms with Crippen LogP contribution in [0.3, 0.4) is 0 Å². The standard InChI is InChI=1S/C21H29F4N3O/c1-15(29)26-17-4-2-16(3-5-17)8-9-27-10-12-28(13-11-27)18-6-7-20(22)19(14-18)21(23,24)25/h6-7,14,16-17H,2-5,8-13H2,1H3,(H,26,29). The van der Waals surface area contributed by atoms with Gasteiger partial charge in [-0.05, 0) is 62.8 Å². The zero-order valence-electron chi connectivity index (χ0n) is 16.8. The molecule has 0 bridgehead atoms. The van der Waals surface area contributed by atoms with Crippen molar-refractivity contribution in [1.82, 2.24) is 10.2 Å². The number of anilines is 1. The van der Waals surface area contributed by atoms with Crippen LogP contribution in [0.4, 0.5) is 23.2 Å². The first kappa shape index (κ1) is 21.9. The molecule has 0 unspecified atom stereocenters. The lowest BCUT2D eigenvalue weighted by molar-refractivity contribution is -0.140. The molecule has 1 aliphatic carbocycles. The second kappa shape index (κ2) is 9.32. The van der Waals surface area contributed by atoms with E-state index in [1.807, 2.05) is 4.90 Å². The Kier molecular flexibility index (Phi) is 7.03. The highest BCUT2D eigenvalue weighted by Gasteiger charge is 2.35. The Morgan fingerprint density at radius 2 is 1.76 bits per heavy atom. The van der Waals surface area contributed by atoms with Crippen LogP contribution in [0.25, 0.3) is 0 Å². The van der Waals surface area contributed by atoms with Gasteiger partial charge in [0.2, 0.25) is 5.91 Å². The highest BCUT2D eigenvalue weighted by atomic mass is 19.4. The van der Waals surface area contributed by atoms with Crippen LogP contribution in [0.1, 0.15) is 44.6 Å². The van der Waals surface area contributed by atoms with E-state index in [1.54, 1.807) is 6.92 Å². The average Bonchev–Trinajstić information content (AvgIpc) is 2.67. The third-order valence-electron chi connectivity index (χ3n) is 6.10. The van der Waals surface area contributed by atoms with Gasteiger partial charge in [-0.3, -0.25) is 9.69 Å². The Balaban J connectivity index is 1.43. The summed E-state index contributed by atoms with van der Waals surface area (Å²) in [5, 5.41) is 3.00. The Morgan fingerprint density at radius 1 is 1.10 bits per heavy atom. The Bertz CT molecular complexity index is 694. The lowest BCUT2D eigenvalue weighted by atomic mass is 9.84. The molecule has 1 aromatic rings. The molecule has 2 aliphatic rings. The number of amides is 1. The van der Waals surface area contributed by atoms with E-state index in [1.165, 1.54) is 6.07 Å². The maximum atomic E-state index is 13.5. The van der Waals surface area contributed by atoms with Crippen molar-refractivity contribution in [2.75, 3.05) is 37.6 Å². The van der Waals surface area contributed by atoms with Crippen molar-refractivity contribution in [3.05, 3.63) is 29.6 Å². The Hall–Kier alpha value is -1.83. The van der Waals surface area contributed by atoms with E-state index < -0.39 is 17.6 Å². The van der Waals surface area contributed by atoms with Gasteiger partial charge in [-0.15, -0.1) is 0 Å². The molecular formula is C21H29F4N3O. The van der Waals surface area contributed by atoms with Crippen LogP contribution in [-0.4, -0.2) is 49.6 Å². The molecule has 4 nitrogen and oxygen atoms in total. The van der Waals surface area contributed by atoms with Gasteiger partial charge in [0.25, 0.3) is 0 Å². The minimum atomic E-state index is -4.68. The number of rotatable bonds is 5. The largest absolute Gasteiger partial charge is 0.419 e. The molecule has 8 heteroatoms. The van der Waals surface area contributed by atoms with E-state index in [4.69, 9.17) is 0 Å². The minimum absolute atomic E-state index is 0.0369.